The standard InChI is InChI=1S/C21H28N2O5S/c1-5-28-18-9-8-17(13-19(18)27-4)14-22-21(24)10-11-23-29(25,26)20-12-15(2)6-7-16(20)3/h6-9,12-13,23H,5,10-11,14H2,1-4H3,(H,22,24). The van der Waals surface area contributed by atoms with E-state index < -0.39 is 10.0 Å². The van der Waals surface area contributed by atoms with Gasteiger partial charge in [0.25, 0.3) is 0 Å². The Hall–Kier alpha value is -2.58. The first-order valence-corrected chi connectivity index (χ1v) is 10.9. The molecule has 158 valence electrons. The number of rotatable bonds is 10. The molecule has 0 unspecified atom stereocenters. The Balaban J connectivity index is 1.86. The summed E-state index contributed by atoms with van der Waals surface area (Å²) in [5, 5.41) is 2.78. The molecule has 0 heterocycles. The summed E-state index contributed by atoms with van der Waals surface area (Å²) in [6, 6.07) is 10.7. The summed E-state index contributed by atoms with van der Waals surface area (Å²) in [4.78, 5) is 12.3. The fourth-order valence-corrected chi connectivity index (χ4v) is 4.12. The molecule has 0 saturated heterocycles. The number of benzene rings is 2. The van der Waals surface area contributed by atoms with Crippen LogP contribution in [0.3, 0.4) is 0 Å². The maximum atomic E-state index is 12.5. The monoisotopic (exact) mass is 420 g/mol. The molecule has 2 N–H and O–H groups in total. The van der Waals surface area contributed by atoms with E-state index in [1.165, 1.54) is 0 Å². The van der Waals surface area contributed by atoms with E-state index >= 15 is 0 Å². The molecule has 0 bridgehead atoms. The van der Waals surface area contributed by atoms with Gasteiger partial charge in [0.2, 0.25) is 15.9 Å². The molecule has 0 aliphatic heterocycles. The van der Waals surface area contributed by atoms with Gasteiger partial charge < -0.3 is 14.8 Å². The molecule has 0 fully saturated rings. The number of amides is 1. The number of carbonyl (C=O) groups excluding carboxylic acids is 1. The lowest BCUT2D eigenvalue weighted by Crippen LogP contribution is -2.31. The van der Waals surface area contributed by atoms with E-state index in [9.17, 15) is 13.2 Å². The largest absolute Gasteiger partial charge is 0.493 e. The van der Waals surface area contributed by atoms with Crippen LogP contribution < -0.4 is 19.5 Å². The average Bonchev–Trinajstić information content (AvgIpc) is 2.69. The Morgan fingerprint density at radius 2 is 1.83 bits per heavy atom. The molecule has 7 nitrogen and oxygen atoms in total. The van der Waals surface area contributed by atoms with E-state index in [2.05, 4.69) is 10.0 Å². The first-order chi connectivity index (χ1) is 13.8. The molecule has 29 heavy (non-hydrogen) atoms. The quantitative estimate of drug-likeness (QED) is 0.616. The van der Waals surface area contributed by atoms with Gasteiger partial charge in [0, 0.05) is 19.5 Å². The van der Waals surface area contributed by atoms with Gasteiger partial charge in [-0.25, -0.2) is 13.1 Å². The number of hydrogen-bond acceptors (Lipinski definition) is 5. The summed E-state index contributed by atoms with van der Waals surface area (Å²) in [6.45, 7) is 6.33. The SMILES string of the molecule is CCOc1ccc(CNC(=O)CCNS(=O)(=O)c2cc(C)ccc2C)cc1OC. The van der Waals surface area contributed by atoms with Crippen LogP contribution in [-0.2, 0) is 21.4 Å². The second-order valence-electron chi connectivity index (χ2n) is 6.61. The van der Waals surface area contributed by atoms with Crippen LogP contribution in [0, 0.1) is 13.8 Å². The number of ether oxygens (including phenoxy) is 2. The predicted octanol–water partition coefficient (Wildman–Crippen LogP) is 2.70. The molecule has 0 spiro atoms. The average molecular weight is 421 g/mol. The van der Waals surface area contributed by atoms with Crippen LogP contribution in [0.5, 0.6) is 11.5 Å². The molecule has 0 aliphatic carbocycles. The van der Waals surface area contributed by atoms with Crippen LogP contribution in [0.25, 0.3) is 0 Å². The lowest BCUT2D eigenvalue weighted by Gasteiger charge is -2.12. The van der Waals surface area contributed by atoms with Gasteiger partial charge in [0.15, 0.2) is 11.5 Å². The maximum absolute atomic E-state index is 12.5. The zero-order valence-electron chi connectivity index (χ0n) is 17.2. The second-order valence-corrected chi connectivity index (χ2v) is 8.35. The second kappa shape index (κ2) is 10.3. The van der Waals surface area contributed by atoms with Crippen molar-refractivity contribution in [3.63, 3.8) is 0 Å². The van der Waals surface area contributed by atoms with Gasteiger partial charge in [0.05, 0.1) is 18.6 Å². The van der Waals surface area contributed by atoms with Crippen LogP contribution in [0.2, 0.25) is 0 Å². The smallest absolute Gasteiger partial charge is 0.240 e. The molecule has 8 heteroatoms. The fourth-order valence-electron chi connectivity index (χ4n) is 2.76. The Morgan fingerprint density at radius 3 is 2.52 bits per heavy atom. The Morgan fingerprint density at radius 1 is 1.07 bits per heavy atom. The molecular weight excluding hydrogens is 392 g/mol. The highest BCUT2D eigenvalue weighted by Gasteiger charge is 2.17. The summed E-state index contributed by atoms with van der Waals surface area (Å²) in [5.74, 6) is 0.993. The summed E-state index contributed by atoms with van der Waals surface area (Å²) in [5.41, 5.74) is 2.38. The fraction of sp³-hybridized carbons (Fsp3) is 0.381. The molecule has 0 radical (unpaired) electrons. The lowest BCUT2D eigenvalue weighted by atomic mass is 10.2. The van der Waals surface area contributed by atoms with Crippen molar-refractivity contribution < 1.29 is 22.7 Å². The number of aryl methyl sites for hydroxylation is 2. The van der Waals surface area contributed by atoms with Crippen molar-refractivity contribution >= 4 is 15.9 Å². The highest BCUT2D eigenvalue weighted by atomic mass is 32.2. The number of sulfonamides is 1. The summed E-state index contributed by atoms with van der Waals surface area (Å²) >= 11 is 0. The molecule has 2 aromatic carbocycles. The number of methoxy groups -OCH3 is 1. The van der Waals surface area contributed by atoms with Crippen LogP contribution in [0.1, 0.15) is 30.0 Å². The Kier molecular flexibility index (Phi) is 8.04. The van der Waals surface area contributed by atoms with E-state index in [0.717, 1.165) is 11.1 Å². The highest BCUT2D eigenvalue weighted by Crippen LogP contribution is 2.28. The van der Waals surface area contributed by atoms with Gasteiger partial charge in [-0.15, -0.1) is 0 Å². The van der Waals surface area contributed by atoms with Crippen molar-refractivity contribution in [3.05, 3.63) is 53.1 Å². The van der Waals surface area contributed by atoms with Gasteiger partial charge in [-0.2, -0.15) is 0 Å². The molecule has 0 atom stereocenters. The van der Waals surface area contributed by atoms with E-state index in [0.29, 0.717) is 30.2 Å². The minimum Gasteiger partial charge on any atom is -0.493 e. The van der Waals surface area contributed by atoms with Crippen molar-refractivity contribution in [2.45, 2.75) is 38.6 Å². The van der Waals surface area contributed by atoms with Crippen molar-refractivity contribution in [3.8, 4) is 11.5 Å². The van der Waals surface area contributed by atoms with Crippen LogP contribution >= 0.6 is 0 Å². The summed E-state index contributed by atoms with van der Waals surface area (Å²) in [6.07, 6.45) is 0.0399. The first kappa shape index (κ1) is 22.7. The van der Waals surface area contributed by atoms with Gasteiger partial charge in [-0.3, -0.25) is 4.79 Å². The van der Waals surface area contributed by atoms with Crippen molar-refractivity contribution in [2.75, 3.05) is 20.3 Å². The minimum absolute atomic E-state index is 0.0220. The van der Waals surface area contributed by atoms with E-state index in [1.807, 2.05) is 26.0 Å². The van der Waals surface area contributed by atoms with E-state index in [4.69, 9.17) is 9.47 Å². The predicted molar refractivity (Wildman–Crippen MR) is 112 cm³/mol. The number of hydrogen-bond donors (Lipinski definition) is 2. The minimum atomic E-state index is -3.66. The Bertz CT molecular complexity index is 958. The first-order valence-electron chi connectivity index (χ1n) is 9.40. The van der Waals surface area contributed by atoms with Gasteiger partial charge in [0.1, 0.15) is 0 Å². The molecule has 1 amide bonds. The molecule has 2 rings (SSSR count). The molecule has 2 aromatic rings. The molecule has 0 aromatic heterocycles. The topological polar surface area (TPSA) is 93.7 Å². The summed E-state index contributed by atoms with van der Waals surface area (Å²) in [7, 11) is -2.10. The molecule has 0 saturated carbocycles. The number of nitrogens with one attached hydrogen (secondary N) is 2. The van der Waals surface area contributed by atoms with Crippen LogP contribution in [0.15, 0.2) is 41.3 Å². The van der Waals surface area contributed by atoms with Crippen molar-refractivity contribution in [1.82, 2.24) is 10.0 Å². The zero-order chi connectivity index (χ0) is 21.4. The highest BCUT2D eigenvalue weighted by molar-refractivity contribution is 7.89. The maximum Gasteiger partial charge on any atom is 0.240 e. The number of carbonyl (C=O) groups is 1. The third-order valence-electron chi connectivity index (χ3n) is 4.29. The lowest BCUT2D eigenvalue weighted by molar-refractivity contribution is -0.121. The van der Waals surface area contributed by atoms with Crippen LogP contribution in [-0.4, -0.2) is 34.6 Å². The van der Waals surface area contributed by atoms with E-state index in [-0.39, 0.29) is 23.8 Å². The third-order valence-corrected chi connectivity index (χ3v) is 5.90. The zero-order valence-corrected chi connectivity index (χ0v) is 18.1. The normalized spacial score (nSPS) is 11.2. The summed E-state index contributed by atoms with van der Waals surface area (Å²) < 4.78 is 38.2. The molecule has 0 aliphatic rings. The van der Waals surface area contributed by atoms with E-state index in [1.54, 1.807) is 38.3 Å². The van der Waals surface area contributed by atoms with Gasteiger partial charge in [-0.1, -0.05) is 18.2 Å². The Labute approximate surface area is 172 Å². The van der Waals surface area contributed by atoms with Crippen LogP contribution in [0.4, 0.5) is 0 Å². The van der Waals surface area contributed by atoms with Crippen molar-refractivity contribution in [2.24, 2.45) is 0 Å². The van der Waals surface area contributed by atoms with Gasteiger partial charge >= 0.3 is 0 Å². The van der Waals surface area contributed by atoms with Gasteiger partial charge in [-0.05, 0) is 55.7 Å². The van der Waals surface area contributed by atoms with Crippen molar-refractivity contribution in [1.29, 1.82) is 0 Å². The molecular formula is C21H28N2O5S. The third kappa shape index (κ3) is 6.47.